The molecule has 84 valence electrons. The number of nitrogens with two attached hydrogens (primary N) is 1. The molecule has 0 aliphatic rings. The molecule has 2 aromatic heterocycles. The van der Waals surface area contributed by atoms with E-state index in [1.54, 1.807) is 11.3 Å². The molecule has 0 saturated heterocycles. The molecule has 2 rings (SSSR count). The van der Waals surface area contributed by atoms with E-state index in [1.807, 2.05) is 18.3 Å². The van der Waals surface area contributed by atoms with Crippen molar-refractivity contribution in [3.63, 3.8) is 0 Å². The normalized spacial score (nSPS) is 14.6. The SMILES string of the molecule is CC(CN)(Cc1ccccn1)c1cccs1. The van der Waals surface area contributed by atoms with E-state index >= 15 is 0 Å². The van der Waals surface area contributed by atoms with E-state index in [0.29, 0.717) is 6.54 Å². The molecule has 0 aliphatic carbocycles. The number of nitrogens with zero attached hydrogens (tertiary/aromatic N) is 1. The van der Waals surface area contributed by atoms with Gasteiger partial charge in [-0.25, -0.2) is 0 Å². The van der Waals surface area contributed by atoms with Crippen LogP contribution in [0.15, 0.2) is 41.9 Å². The number of hydrogen-bond donors (Lipinski definition) is 1. The molecule has 0 bridgehead atoms. The number of hydrogen-bond acceptors (Lipinski definition) is 3. The summed E-state index contributed by atoms with van der Waals surface area (Å²) in [7, 11) is 0. The highest BCUT2D eigenvalue weighted by molar-refractivity contribution is 7.10. The Labute approximate surface area is 100 Å². The first-order valence-corrected chi connectivity index (χ1v) is 6.26. The van der Waals surface area contributed by atoms with Crippen molar-refractivity contribution in [3.8, 4) is 0 Å². The van der Waals surface area contributed by atoms with E-state index in [2.05, 4.69) is 35.5 Å². The second kappa shape index (κ2) is 4.76. The zero-order valence-electron chi connectivity index (χ0n) is 9.39. The number of pyridine rings is 1. The summed E-state index contributed by atoms with van der Waals surface area (Å²) in [5.41, 5.74) is 7.03. The van der Waals surface area contributed by atoms with Gasteiger partial charge in [-0.15, -0.1) is 11.3 Å². The van der Waals surface area contributed by atoms with Crippen molar-refractivity contribution in [2.45, 2.75) is 18.8 Å². The van der Waals surface area contributed by atoms with Crippen molar-refractivity contribution in [1.82, 2.24) is 4.98 Å². The Kier molecular flexibility index (Phi) is 3.36. The van der Waals surface area contributed by atoms with Crippen molar-refractivity contribution in [3.05, 3.63) is 52.5 Å². The lowest BCUT2D eigenvalue weighted by molar-refractivity contribution is 0.485. The lowest BCUT2D eigenvalue weighted by Gasteiger charge is -2.26. The third-order valence-electron chi connectivity index (χ3n) is 2.86. The molecule has 0 amide bonds. The predicted octanol–water partition coefficient (Wildman–Crippen LogP) is 2.60. The second-order valence-electron chi connectivity index (χ2n) is 4.24. The second-order valence-corrected chi connectivity index (χ2v) is 5.19. The van der Waals surface area contributed by atoms with E-state index in [1.165, 1.54) is 4.88 Å². The molecule has 16 heavy (non-hydrogen) atoms. The van der Waals surface area contributed by atoms with Crippen molar-refractivity contribution in [1.29, 1.82) is 0 Å². The van der Waals surface area contributed by atoms with Crippen LogP contribution < -0.4 is 5.73 Å². The zero-order valence-corrected chi connectivity index (χ0v) is 10.2. The average molecular weight is 232 g/mol. The highest BCUT2D eigenvalue weighted by atomic mass is 32.1. The summed E-state index contributed by atoms with van der Waals surface area (Å²) in [6, 6.07) is 10.2. The molecule has 0 spiro atoms. The van der Waals surface area contributed by atoms with Gasteiger partial charge in [-0.3, -0.25) is 4.98 Å². The Balaban J connectivity index is 2.23. The van der Waals surface area contributed by atoms with Crippen molar-refractivity contribution < 1.29 is 0 Å². The quantitative estimate of drug-likeness (QED) is 0.880. The molecule has 2 N–H and O–H groups in total. The van der Waals surface area contributed by atoms with E-state index in [4.69, 9.17) is 5.73 Å². The van der Waals surface area contributed by atoms with Gasteiger partial charge in [0.2, 0.25) is 0 Å². The highest BCUT2D eigenvalue weighted by Crippen LogP contribution is 2.30. The van der Waals surface area contributed by atoms with Gasteiger partial charge >= 0.3 is 0 Å². The lowest BCUT2D eigenvalue weighted by atomic mass is 9.84. The summed E-state index contributed by atoms with van der Waals surface area (Å²) in [4.78, 5) is 5.70. The van der Waals surface area contributed by atoms with Crippen molar-refractivity contribution in [2.75, 3.05) is 6.54 Å². The van der Waals surface area contributed by atoms with Gasteiger partial charge in [-0.1, -0.05) is 19.1 Å². The van der Waals surface area contributed by atoms with Crippen LogP contribution in [-0.2, 0) is 11.8 Å². The van der Waals surface area contributed by atoms with Crippen LogP contribution in [0.25, 0.3) is 0 Å². The third kappa shape index (κ3) is 2.31. The molecular weight excluding hydrogens is 216 g/mol. The minimum atomic E-state index is 0.00250. The Bertz CT molecular complexity index is 424. The van der Waals surface area contributed by atoms with Crippen LogP contribution in [0.2, 0.25) is 0 Å². The Morgan fingerprint density at radius 3 is 2.75 bits per heavy atom. The minimum absolute atomic E-state index is 0.00250. The monoisotopic (exact) mass is 232 g/mol. The summed E-state index contributed by atoms with van der Waals surface area (Å²) in [5, 5.41) is 2.10. The van der Waals surface area contributed by atoms with Gasteiger partial charge in [0.05, 0.1) is 0 Å². The maximum Gasteiger partial charge on any atom is 0.0413 e. The van der Waals surface area contributed by atoms with E-state index < -0.39 is 0 Å². The standard InChI is InChI=1S/C13H16N2S/c1-13(10-14,12-6-4-8-16-12)9-11-5-2-3-7-15-11/h2-8H,9-10,14H2,1H3. The molecule has 0 radical (unpaired) electrons. The fourth-order valence-corrected chi connectivity index (χ4v) is 2.69. The Morgan fingerprint density at radius 1 is 1.31 bits per heavy atom. The predicted molar refractivity (Wildman–Crippen MR) is 68.7 cm³/mol. The molecule has 0 aliphatic heterocycles. The molecule has 0 saturated carbocycles. The molecule has 1 unspecified atom stereocenters. The van der Waals surface area contributed by atoms with Gasteiger partial charge in [0, 0.05) is 35.1 Å². The largest absolute Gasteiger partial charge is 0.330 e. The molecule has 0 aromatic carbocycles. The number of rotatable bonds is 4. The molecule has 2 aromatic rings. The first-order valence-electron chi connectivity index (χ1n) is 5.38. The third-order valence-corrected chi connectivity index (χ3v) is 4.04. The van der Waals surface area contributed by atoms with Gasteiger partial charge in [0.15, 0.2) is 0 Å². The summed E-state index contributed by atoms with van der Waals surface area (Å²) < 4.78 is 0. The van der Waals surface area contributed by atoms with Gasteiger partial charge in [-0.05, 0) is 23.6 Å². The molecule has 0 fully saturated rings. The van der Waals surface area contributed by atoms with Crippen LogP contribution in [0.4, 0.5) is 0 Å². The Morgan fingerprint density at radius 2 is 2.19 bits per heavy atom. The van der Waals surface area contributed by atoms with E-state index in [9.17, 15) is 0 Å². The summed E-state index contributed by atoms with van der Waals surface area (Å²) in [5.74, 6) is 0. The molecule has 1 atom stereocenters. The zero-order chi connectivity index (χ0) is 11.4. The summed E-state index contributed by atoms with van der Waals surface area (Å²) >= 11 is 1.77. The molecule has 2 heterocycles. The van der Waals surface area contributed by atoms with Crippen molar-refractivity contribution in [2.24, 2.45) is 5.73 Å². The van der Waals surface area contributed by atoms with Crippen LogP contribution in [0.5, 0.6) is 0 Å². The maximum atomic E-state index is 5.92. The smallest absolute Gasteiger partial charge is 0.0413 e. The van der Waals surface area contributed by atoms with Gasteiger partial charge in [0.25, 0.3) is 0 Å². The lowest BCUT2D eigenvalue weighted by Crippen LogP contribution is -2.33. The maximum absolute atomic E-state index is 5.92. The van der Waals surface area contributed by atoms with Crippen LogP contribution in [0.1, 0.15) is 17.5 Å². The first kappa shape index (κ1) is 11.3. The van der Waals surface area contributed by atoms with Crippen LogP contribution in [0.3, 0.4) is 0 Å². The van der Waals surface area contributed by atoms with Crippen LogP contribution in [-0.4, -0.2) is 11.5 Å². The van der Waals surface area contributed by atoms with Gasteiger partial charge < -0.3 is 5.73 Å². The highest BCUT2D eigenvalue weighted by Gasteiger charge is 2.26. The average Bonchev–Trinajstić information content (AvgIpc) is 2.84. The van der Waals surface area contributed by atoms with Gasteiger partial charge in [0.1, 0.15) is 0 Å². The molecular formula is C13H16N2S. The molecule has 3 heteroatoms. The minimum Gasteiger partial charge on any atom is -0.330 e. The first-order chi connectivity index (χ1) is 7.74. The number of aromatic nitrogens is 1. The van der Waals surface area contributed by atoms with Crippen molar-refractivity contribution >= 4 is 11.3 Å². The number of thiophene rings is 1. The van der Waals surface area contributed by atoms with E-state index in [-0.39, 0.29) is 5.41 Å². The fourth-order valence-electron chi connectivity index (χ4n) is 1.78. The topological polar surface area (TPSA) is 38.9 Å². The Hall–Kier alpha value is -1.19. The van der Waals surface area contributed by atoms with Crippen LogP contribution >= 0.6 is 11.3 Å². The molecule has 2 nitrogen and oxygen atoms in total. The van der Waals surface area contributed by atoms with Crippen LogP contribution in [0, 0.1) is 0 Å². The van der Waals surface area contributed by atoms with Gasteiger partial charge in [-0.2, -0.15) is 0 Å². The summed E-state index contributed by atoms with van der Waals surface area (Å²) in [6.45, 7) is 2.84. The fraction of sp³-hybridized carbons (Fsp3) is 0.308. The van der Waals surface area contributed by atoms with E-state index in [0.717, 1.165) is 12.1 Å². The summed E-state index contributed by atoms with van der Waals surface area (Å²) in [6.07, 6.45) is 2.73.